The molecule has 2 heterocycles. The Labute approximate surface area is 160 Å². The lowest BCUT2D eigenvalue weighted by atomic mass is 9.76. The van der Waals surface area contributed by atoms with Gasteiger partial charge in [0.2, 0.25) is 5.72 Å². The summed E-state index contributed by atoms with van der Waals surface area (Å²) in [4.78, 5) is 2.32. The predicted octanol–water partition coefficient (Wildman–Crippen LogP) is 5.88. The molecule has 0 saturated heterocycles. The Kier molecular flexibility index (Phi) is 3.30. The SMILES string of the molecule is CN1c2c(-c3ccccc3)cccc2C(C)(C)C12C=Cc1ccccc1O2. The van der Waals surface area contributed by atoms with Crippen molar-refractivity contribution in [1.82, 2.24) is 0 Å². The fraction of sp³-hybridized carbons (Fsp3) is 0.200. The molecule has 0 bridgehead atoms. The Morgan fingerprint density at radius 3 is 2.37 bits per heavy atom. The monoisotopic (exact) mass is 353 g/mol. The second kappa shape index (κ2) is 5.50. The molecule has 2 nitrogen and oxygen atoms in total. The quantitative estimate of drug-likeness (QED) is 0.541. The zero-order valence-electron chi connectivity index (χ0n) is 15.9. The summed E-state index contributed by atoms with van der Waals surface area (Å²) < 4.78 is 6.72. The summed E-state index contributed by atoms with van der Waals surface area (Å²) in [7, 11) is 2.15. The number of benzene rings is 3. The van der Waals surface area contributed by atoms with Crippen LogP contribution in [0.4, 0.5) is 5.69 Å². The average Bonchev–Trinajstić information content (AvgIpc) is 2.87. The first-order chi connectivity index (χ1) is 13.0. The van der Waals surface area contributed by atoms with Crippen molar-refractivity contribution >= 4 is 11.8 Å². The van der Waals surface area contributed by atoms with Gasteiger partial charge in [0.15, 0.2) is 0 Å². The van der Waals surface area contributed by atoms with Crippen LogP contribution in [0.1, 0.15) is 25.0 Å². The van der Waals surface area contributed by atoms with E-state index >= 15 is 0 Å². The fourth-order valence-electron chi connectivity index (χ4n) is 4.67. The molecule has 2 aliphatic heterocycles. The van der Waals surface area contributed by atoms with Gasteiger partial charge in [-0.2, -0.15) is 0 Å². The van der Waals surface area contributed by atoms with Gasteiger partial charge in [0.25, 0.3) is 0 Å². The number of hydrogen-bond donors (Lipinski definition) is 0. The van der Waals surface area contributed by atoms with Gasteiger partial charge in [-0.3, -0.25) is 0 Å². The highest BCUT2D eigenvalue weighted by atomic mass is 16.5. The van der Waals surface area contributed by atoms with E-state index in [9.17, 15) is 0 Å². The maximum atomic E-state index is 6.72. The van der Waals surface area contributed by atoms with E-state index in [4.69, 9.17) is 4.74 Å². The number of rotatable bonds is 1. The van der Waals surface area contributed by atoms with Gasteiger partial charge < -0.3 is 9.64 Å². The van der Waals surface area contributed by atoms with Gasteiger partial charge in [-0.25, -0.2) is 0 Å². The summed E-state index contributed by atoms with van der Waals surface area (Å²) in [5, 5.41) is 0. The van der Waals surface area contributed by atoms with Crippen LogP contribution in [0, 0.1) is 0 Å². The van der Waals surface area contributed by atoms with Crippen LogP contribution in [-0.4, -0.2) is 12.8 Å². The van der Waals surface area contributed by atoms with Gasteiger partial charge in [-0.15, -0.1) is 0 Å². The summed E-state index contributed by atoms with van der Waals surface area (Å²) in [5.41, 5.74) is 5.42. The molecule has 0 N–H and O–H groups in total. The summed E-state index contributed by atoms with van der Waals surface area (Å²) in [6, 6.07) is 25.5. The molecule has 0 aromatic heterocycles. The number of nitrogens with zero attached hydrogens (tertiary/aromatic N) is 1. The van der Waals surface area contributed by atoms with Gasteiger partial charge in [0.1, 0.15) is 5.75 Å². The molecule has 3 aromatic carbocycles. The van der Waals surface area contributed by atoms with Crippen molar-refractivity contribution in [3.8, 4) is 16.9 Å². The lowest BCUT2D eigenvalue weighted by Gasteiger charge is -2.45. The lowest BCUT2D eigenvalue weighted by molar-refractivity contribution is 0.0582. The van der Waals surface area contributed by atoms with Crippen molar-refractivity contribution in [3.63, 3.8) is 0 Å². The number of ether oxygens (including phenoxy) is 1. The second-order valence-corrected chi connectivity index (χ2v) is 7.92. The zero-order valence-corrected chi connectivity index (χ0v) is 15.9. The van der Waals surface area contributed by atoms with Crippen LogP contribution in [0.2, 0.25) is 0 Å². The van der Waals surface area contributed by atoms with E-state index in [0.29, 0.717) is 0 Å². The molecule has 0 fully saturated rings. The molecule has 0 aliphatic carbocycles. The Morgan fingerprint density at radius 2 is 1.56 bits per heavy atom. The number of hydrogen-bond acceptors (Lipinski definition) is 2. The molecule has 5 rings (SSSR count). The highest BCUT2D eigenvalue weighted by Gasteiger charge is 2.58. The van der Waals surface area contributed by atoms with Crippen molar-refractivity contribution in [2.45, 2.75) is 25.0 Å². The summed E-state index contributed by atoms with van der Waals surface area (Å²) in [5.74, 6) is 0.939. The van der Waals surface area contributed by atoms with Crippen LogP contribution in [0.25, 0.3) is 17.2 Å². The molecular formula is C25H23NO. The van der Waals surface area contributed by atoms with Gasteiger partial charge in [0, 0.05) is 18.2 Å². The molecule has 27 heavy (non-hydrogen) atoms. The molecule has 134 valence electrons. The third-order valence-corrected chi connectivity index (χ3v) is 6.20. The highest BCUT2D eigenvalue weighted by molar-refractivity contribution is 5.86. The third-order valence-electron chi connectivity index (χ3n) is 6.20. The van der Waals surface area contributed by atoms with E-state index < -0.39 is 5.72 Å². The van der Waals surface area contributed by atoms with E-state index in [1.807, 2.05) is 6.07 Å². The minimum atomic E-state index is -0.547. The van der Waals surface area contributed by atoms with Crippen molar-refractivity contribution in [1.29, 1.82) is 0 Å². The molecule has 0 saturated carbocycles. The molecule has 3 aromatic rings. The van der Waals surface area contributed by atoms with E-state index in [0.717, 1.165) is 11.3 Å². The Morgan fingerprint density at radius 1 is 0.815 bits per heavy atom. The van der Waals surface area contributed by atoms with Crippen LogP contribution in [0.15, 0.2) is 78.9 Å². The summed E-state index contributed by atoms with van der Waals surface area (Å²) in [6.45, 7) is 4.56. The van der Waals surface area contributed by atoms with E-state index in [-0.39, 0.29) is 5.41 Å². The van der Waals surface area contributed by atoms with Crippen molar-refractivity contribution in [2.75, 3.05) is 11.9 Å². The Hall–Kier alpha value is -3.00. The van der Waals surface area contributed by atoms with Crippen molar-refractivity contribution in [3.05, 3.63) is 90.0 Å². The number of fused-ring (bicyclic) bond motifs is 2. The second-order valence-electron chi connectivity index (χ2n) is 7.92. The van der Waals surface area contributed by atoms with Gasteiger partial charge in [-0.05, 0) is 43.2 Å². The molecule has 0 radical (unpaired) electrons. The van der Waals surface area contributed by atoms with E-state index in [1.165, 1.54) is 22.4 Å². The van der Waals surface area contributed by atoms with E-state index in [1.54, 1.807) is 0 Å². The first-order valence-electron chi connectivity index (χ1n) is 9.45. The number of para-hydroxylation sites is 2. The molecule has 0 amide bonds. The Bertz CT molecular complexity index is 1050. The smallest absolute Gasteiger partial charge is 0.211 e. The largest absolute Gasteiger partial charge is 0.463 e. The normalized spacial score (nSPS) is 21.7. The molecule has 1 unspecified atom stereocenters. The highest BCUT2D eigenvalue weighted by Crippen LogP contribution is 2.56. The zero-order chi connectivity index (χ0) is 18.6. The third kappa shape index (κ3) is 2.07. The lowest BCUT2D eigenvalue weighted by Crippen LogP contribution is -2.58. The Balaban J connectivity index is 1.72. The summed E-state index contributed by atoms with van der Waals surface area (Å²) in [6.07, 6.45) is 4.43. The van der Waals surface area contributed by atoms with Gasteiger partial charge in [-0.1, -0.05) is 66.7 Å². The molecule has 2 heteroatoms. The van der Waals surface area contributed by atoms with Crippen LogP contribution >= 0.6 is 0 Å². The van der Waals surface area contributed by atoms with Crippen LogP contribution in [-0.2, 0) is 5.41 Å². The first-order valence-corrected chi connectivity index (χ1v) is 9.45. The van der Waals surface area contributed by atoms with Crippen molar-refractivity contribution < 1.29 is 4.74 Å². The standard InChI is InChI=1S/C25H23NO/c1-24(2)21-14-9-13-20(18-10-5-4-6-11-18)23(21)26(3)25(24)17-16-19-12-7-8-15-22(19)27-25/h4-17H,1-3H3. The number of likely N-dealkylation sites (N-methyl/N-ethyl adjacent to an activating group) is 1. The van der Waals surface area contributed by atoms with Gasteiger partial charge in [0.05, 0.1) is 11.1 Å². The topological polar surface area (TPSA) is 12.5 Å². The fourth-order valence-corrected chi connectivity index (χ4v) is 4.67. The minimum Gasteiger partial charge on any atom is -0.463 e. The molecule has 2 aliphatic rings. The summed E-state index contributed by atoms with van der Waals surface area (Å²) >= 11 is 0. The van der Waals surface area contributed by atoms with Crippen LogP contribution in [0.3, 0.4) is 0 Å². The number of anilines is 1. The maximum absolute atomic E-state index is 6.72. The predicted molar refractivity (Wildman–Crippen MR) is 112 cm³/mol. The molecular weight excluding hydrogens is 330 g/mol. The van der Waals surface area contributed by atoms with Gasteiger partial charge >= 0.3 is 0 Å². The average molecular weight is 353 g/mol. The molecule has 1 atom stereocenters. The molecule has 1 spiro atoms. The van der Waals surface area contributed by atoms with Crippen molar-refractivity contribution in [2.24, 2.45) is 0 Å². The van der Waals surface area contributed by atoms with Crippen LogP contribution < -0.4 is 9.64 Å². The van der Waals surface area contributed by atoms with E-state index in [2.05, 4.69) is 105 Å². The van der Waals surface area contributed by atoms with Crippen LogP contribution in [0.5, 0.6) is 5.75 Å². The maximum Gasteiger partial charge on any atom is 0.211 e. The first kappa shape index (κ1) is 16.2. The minimum absolute atomic E-state index is 0.202.